The summed E-state index contributed by atoms with van der Waals surface area (Å²) in [6, 6.07) is 5.97. The first-order chi connectivity index (χ1) is 4.70. The normalized spacial score (nSPS) is 9.50. The Morgan fingerprint density at radius 2 is 2.10 bits per heavy atom. The van der Waals surface area contributed by atoms with Gasteiger partial charge in [0.15, 0.2) is 0 Å². The Morgan fingerprint density at radius 1 is 1.40 bits per heavy atom. The molecule has 0 saturated heterocycles. The van der Waals surface area contributed by atoms with Gasteiger partial charge in [0.05, 0.1) is 45.7 Å². The van der Waals surface area contributed by atoms with Crippen LogP contribution >= 0.6 is 45.7 Å². The summed E-state index contributed by atoms with van der Waals surface area (Å²) < 4.78 is 1.93. The number of rotatable bonds is 1. The van der Waals surface area contributed by atoms with E-state index < -0.39 is 0 Å². The number of aryl methyl sites for hydroxylation is 1. The van der Waals surface area contributed by atoms with Gasteiger partial charge in [-0.2, -0.15) is 0 Å². The zero-order chi connectivity index (χ0) is 7.56. The molecule has 4 heteroatoms. The second-order valence-electron chi connectivity index (χ2n) is 1.87. The molecule has 0 N–H and O–H groups in total. The predicted molar refractivity (Wildman–Crippen MR) is 59.5 cm³/mol. The maximum absolute atomic E-state index is 4.28. The van der Waals surface area contributed by atoms with Crippen molar-refractivity contribution in [1.29, 1.82) is 0 Å². The average molecular weight is 360 g/mol. The summed E-state index contributed by atoms with van der Waals surface area (Å²) in [5, 5.41) is 0. The van der Waals surface area contributed by atoms with Crippen LogP contribution in [0.4, 0.5) is 5.82 Å². The van der Waals surface area contributed by atoms with Crippen molar-refractivity contribution in [3.63, 3.8) is 0 Å². The van der Waals surface area contributed by atoms with Crippen LogP contribution < -0.4 is 1.33 Å². The number of halogens is 2. The van der Waals surface area contributed by atoms with Crippen LogP contribution in [-0.4, -0.2) is 4.98 Å². The Kier molecular flexibility index (Phi) is 3.15. The van der Waals surface area contributed by atoms with Gasteiger partial charge in [-0.15, -0.1) is 0 Å². The standard InChI is InChI=1S/C6H6I2N2/c1-5-3-2-4-6(9-5)10(7)8/h2-4H,1H3. The average Bonchev–Trinajstić information content (AvgIpc) is 1.88. The van der Waals surface area contributed by atoms with Gasteiger partial charge in [0.1, 0.15) is 5.82 Å². The maximum atomic E-state index is 4.28. The van der Waals surface area contributed by atoms with Crippen molar-refractivity contribution in [2.24, 2.45) is 0 Å². The van der Waals surface area contributed by atoms with Crippen LogP contribution in [0.3, 0.4) is 0 Å². The molecule has 1 aromatic rings. The van der Waals surface area contributed by atoms with Crippen molar-refractivity contribution in [2.45, 2.75) is 6.92 Å². The van der Waals surface area contributed by atoms with E-state index in [4.69, 9.17) is 0 Å². The first-order valence-corrected chi connectivity index (χ1v) is 4.68. The van der Waals surface area contributed by atoms with Gasteiger partial charge in [0.2, 0.25) is 0 Å². The van der Waals surface area contributed by atoms with Crippen molar-refractivity contribution in [3.8, 4) is 0 Å². The maximum Gasteiger partial charge on any atom is 0.146 e. The van der Waals surface area contributed by atoms with Crippen molar-refractivity contribution in [1.82, 2.24) is 4.98 Å². The van der Waals surface area contributed by atoms with Gasteiger partial charge in [0.25, 0.3) is 0 Å². The second-order valence-corrected chi connectivity index (χ2v) is 5.65. The predicted octanol–water partition coefficient (Wildman–Crippen LogP) is 2.90. The summed E-state index contributed by atoms with van der Waals surface area (Å²) in [4.78, 5) is 4.28. The van der Waals surface area contributed by atoms with E-state index in [1.165, 1.54) is 0 Å². The lowest BCUT2D eigenvalue weighted by Crippen LogP contribution is -1.93. The molecule has 1 heterocycles. The third-order valence-corrected chi connectivity index (χ3v) is 2.04. The van der Waals surface area contributed by atoms with Crippen LogP contribution in [0.25, 0.3) is 0 Å². The highest BCUT2D eigenvalue weighted by molar-refractivity contribution is 14.2. The molecule has 1 aromatic heterocycles. The summed E-state index contributed by atoms with van der Waals surface area (Å²) in [5.74, 6) is 0.987. The molecule has 0 aliphatic heterocycles. The van der Waals surface area contributed by atoms with Crippen LogP contribution in [0.5, 0.6) is 0 Å². The largest absolute Gasteiger partial charge is 0.237 e. The quantitative estimate of drug-likeness (QED) is 0.566. The second kappa shape index (κ2) is 3.70. The summed E-state index contributed by atoms with van der Waals surface area (Å²) in [6.45, 7) is 1.99. The molecule has 2 nitrogen and oxygen atoms in total. The number of aromatic nitrogens is 1. The molecule has 0 aliphatic rings. The Labute approximate surface area is 88.0 Å². The lowest BCUT2D eigenvalue weighted by Gasteiger charge is -2.04. The number of hydrogen-bond acceptors (Lipinski definition) is 2. The van der Waals surface area contributed by atoms with Gasteiger partial charge in [-0.05, 0) is 19.1 Å². The molecule has 10 heavy (non-hydrogen) atoms. The van der Waals surface area contributed by atoms with Gasteiger partial charge >= 0.3 is 0 Å². The first-order valence-electron chi connectivity index (χ1n) is 2.75. The van der Waals surface area contributed by atoms with E-state index in [0.717, 1.165) is 11.5 Å². The lowest BCUT2D eigenvalue weighted by atomic mass is 10.4. The van der Waals surface area contributed by atoms with Crippen molar-refractivity contribution < 1.29 is 0 Å². The minimum Gasteiger partial charge on any atom is -0.237 e. The molecule has 1 rings (SSSR count). The number of pyridine rings is 1. The Hall–Kier alpha value is 0.410. The highest BCUT2D eigenvalue weighted by Crippen LogP contribution is 2.19. The third kappa shape index (κ3) is 2.22. The van der Waals surface area contributed by atoms with Crippen LogP contribution in [0.1, 0.15) is 5.69 Å². The first kappa shape index (κ1) is 8.51. The fourth-order valence-electron chi connectivity index (χ4n) is 0.623. The van der Waals surface area contributed by atoms with Gasteiger partial charge in [-0.25, -0.2) is 6.31 Å². The molecule has 0 aliphatic carbocycles. The Morgan fingerprint density at radius 3 is 2.50 bits per heavy atom. The van der Waals surface area contributed by atoms with E-state index in [9.17, 15) is 0 Å². The molecule has 0 fully saturated rings. The zero-order valence-corrected chi connectivity index (χ0v) is 9.70. The third-order valence-electron chi connectivity index (χ3n) is 1.05. The summed E-state index contributed by atoms with van der Waals surface area (Å²) in [6.07, 6.45) is 0. The van der Waals surface area contributed by atoms with Gasteiger partial charge in [-0.3, -0.25) is 0 Å². The minimum absolute atomic E-state index is 0.987. The van der Waals surface area contributed by atoms with E-state index in [-0.39, 0.29) is 0 Å². The van der Waals surface area contributed by atoms with Crippen LogP contribution in [0.2, 0.25) is 0 Å². The highest BCUT2D eigenvalue weighted by Gasteiger charge is 1.97. The minimum atomic E-state index is 0.987. The fourth-order valence-corrected chi connectivity index (χ4v) is 1.16. The molecule has 0 aromatic carbocycles. The summed E-state index contributed by atoms with van der Waals surface area (Å²) >= 11 is 4.36. The molecular formula is C6H6I2N2. The van der Waals surface area contributed by atoms with E-state index in [1.54, 1.807) is 0 Å². The fraction of sp³-hybridized carbons (Fsp3) is 0.167. The van der Waals surface area contributed by atoms with E-state index in [1.807, 2.05) is 26.4 Å². The van der Waals surface area contributed by atoms with Gasteiger partial charge in [0, 0.05) is 5.69 Å². The van der Waals surface area contributed by atoms with Crippen molar-refractivity contribution in [2.75, 3.05) is 1.33 Å². The van der Waals surface area contributed by atoms with Crippen molar-refractivity contribution >= 4 is 51.5 Å². The smallest absolute Gasteiger partial charge is 0.146 e. The molecule has 0 bridgehead atoms. The monoisotopic (exact) mass is 360 g/mol. The van der Waals surface area contributed by atoms with Gasteiger partial charge in [-0.1, -0.05) is 6.07 Å². The number of hydrogen-bond donors (Lipinski definition) is 0. The van der Waals surface area contributed by atoms with E-state index in [2.05, 4.69) is 50.7 Å². The van der Waals surface area contributed by atoms with Crippen LogP contribution in [0, 0.1) is 6.92 Å². The molecule has 0 amide bonds. The Balaban J connectivity index is 2.96. The van der Waals surface area contributed by atoms with Gasteiger partial charge < -0.3 is 0 Å². The molecular weight excluding hydrogens is 354 g/mol. The number of anilines is 1. The molecule has 54 valence electrons. The molecule has 0 spiro atoms. The van der Waals surface area contributed by atoms with Crippen molar-refractivity contribution in [3.05, 3.63) is 23.9 Å². The molecule has 0 unspecified atom stereocenters. The SMILES string of the molecule is Cc1cccc(N(I)I)n1. The molecule has 0 radical (unpaired) electrons. The zero-order valence-electron chi connectivity index (χ0n) is 5.38. The Bertz CT molecular complexity index is 225. The van der Waals surface area contributed by atoms with E-state index >= 15 is 0 Å². The van der Waals surface area contributed by atoms with Crippen LogP contribution in [0.15, 0.2) is 18.2 Å². The molecule has 0 saturated carbocycles. The molecule has 0 atom stereocenters. The lowest BCUT2D eigenvalue weighted by molar-refractivity contribution is 1.21. The summed E-state index contributed by atoms with van der Waals surface area (Å²) in [5.41, 5.74) is 1.05. The highest BCUT2D eigenvalue weighted by atomic mass is 127. The van der Waals surface area contributed by atoms with E-state index in [0.29, 0.717) is 0 Å². The topological polar surface area (TPSA) is 16.1 Å². The number of nitrogens with zero attached hydrogens (tertiary/aromatic N) is 2. The summed E-state index contributed by atoms with van der Waals surface area (Å²) in [7, 11) is 0. The van der Waals surface area contributed by atoms with Crippen LogP contribution in [-0.2, 0) is 0 Å².